The number of carbonyl (C=O) groups excluding carboxylic acids is 1. The Kier molecular flexibility index (Phi) is 5.67. The molecule has 2 N–H and O–H groups in total. The van der Waals surface area contributed by atoms with E-state index in [9.17, 15) is 4.79 Å². The molecule has 4 heteroatoms. The largest absolute Gasteiger partial charge is 0.497 e. The van der Waals surface area contributed by atoms with E-state index in [2.05, 4.69) is 17.6 Å². The second kappa shape index (κ2) is 7.72. The van der Waals surface area contributed by atoms with Gasteiger partial charge < -0.3 is 15.4 Å². The summed E-state index contributed by atoms with van der Waals surface area (Å²) in [5.74, 6) is 1.44. The monoisotopic (exact) mass is 288 g/mol. The van der Waals surface area contributed by atoms with Gasteiger partial charge in [-0.25, -0.2) is 4.79 Å². The molecule has 0 unspecified atom stereocenters. The highest BCUT2D eigenvalue weighted by atomic mass is 16.5. The molecule has 1 aliphatic carbocycles. The van der Waals surface area contributed by atoms with E-state index in [1.165, 1.54) is 31.3 Å². The van der Waals surface area contributed by atoms with Gasteiger partial charge in [-0.15, -0.1) is 0 Å². The van der Waals surface area contributed by atoms with Crippen LogP contribution in [0.3, 0.4) is 0 Å². The van der Waals surface area contributed by atoms with Crippen molar-refractivity contribution in [2.45, 2.75) is 39.2 Å². The van der Waals surface area contributed by atoms with Crippen LogP contribution in [0.25, 0.3) is 0 Å². The highest BCUT2D eigenvalue weighted by molar-refractivity contribution is 5.75. The average molecular weight is 288 g/mol. The number of urea groups is 1. The molecular weight excluding hydrogens is 264 g/mol. The van der Waals surface area contributed by atoms with Crippen molar-refractivity contribution in [1.29, 1.82) is 0 Å². The molecule has 1 aliphatic rings. The molecule has 21 heavy (non-hydrogen) atoms. The maximum atomic E-state index is 11.8. The van der Waals surface area contributed by atoms with Crippen LogP contribution in [-0.4, -0.2) is 13.1 Å². The van der Waals surface area contributed by atoms with Gasteiger partial charge in [0.2, 0.25) is 0 Å². The molecular formula is C17H24N2O2. The third-order valence-corrected chi connectivity index (χ3v) is 4.02. The van der Waals surface area contributed by atoms with Crippen molar-refractivity contribution in [2.75, 3.05) is 7.11 Å². The molecule has 0 spiro atoms. The van der Waals surface area contributed by atoms with Gasteiger partial charge in [-0.3, -0.25) is 0 Å². The van der Waals surface area contributed by atoms with Gasteiger partial charge in [-0.05, 0) is 43.4 Å². The lowest BCUT2D eigenvalue weighted by Crippen LogP contribution is -2.32. The summed E-state index contributed by atoms with van der Waals surface area (Å²) in [6.45, 7) is 2.58. The molecule has 0 aromatic heterocycles. The average Bonchev–Trinajstić information content (AvgIpc) is 3.05. The summed E-state index contributed by atoms with van der Waals surface area (Å²) in [4.78, 5) is 11.8. The number of methoxy groups -OCH3 is 1. The first-order valence-electron chi connectivity index (χ1n) is 7.53. The van der Waals surface area contributed by atoms with Crippen LogP contribution in [0, 0.1) is 5.92 Å². The highest BCUT2D eigenvalue weighted by Gasteiger charge is 2.16. The van der Waals surface area contributed by atoms with Gasteiger partial charge in [0.1, 0.15) is 5.75 Å². The minimum atomic E-state index is -0.171. The van der Waals surface area contributed by atoms with Crippen LogP contribution < -0.4 is 15.4 Å². The van der Waals surface area contributed by atoms with Gasteiger partial charge >= 0.3 is 6.03 Å². The Labute approximate surface area is 126 Å². The molecule has 1 fully saturated rings. The topological polar surface area (TPSA) is 50.4 Å². The van der Waals surface area contributed by atoms with E-state index in [0.717, 1.165) is 11.3 Å². The van der Waals surface area contributed by atoms with E-state index in [-0.39, 0.29) is 6.03 Å². The fourth-order valence-corrected chi connectivity index (χ4v) is 2.69. The Hall–Kier alpha value is -1.97. The number of nitrogens with one attached hydrogen (secondary N) is 2. The predicted octanol–water partition coefficient (Wildman–Crippen LogP) is 3.59. The Morgan fingerprint density at radius 2 is 2.14 bits per heavy atom. The summed E-state index contributed by atoms with van der Waals surface area (Å²) in [6.07, 6.45) is 6.94. The zero-order valence-corrected chi connectivity index (χ0v) is 12.8. The fraction of sp³-hybridized carbons (Fsp3) is 0.471. The van der Waals surface area contributed by atoms with E-state index >= 15 is 0 Å². The summed E-state index contributed by atoms with van der Waals surface area (Å²) >= 11 is 0. The Morgan fingerprint density at radius 3 is 2.86 bits per heavy atom. The van der Waals surface area contributed by atoms with Gasteiger partial charge in [0, 0.05) is 12.7 Å². The number of rotatable bonds is 5. The van der Waals surface area contributed by atoms with Gasteiger partial charge in [0.15, 0.2) is 0 Å². The molecule has 1 aromatic carbocycles. The van der Waals surface area contributed by atoms with Crippen molar-refractivity contribution < 1.29 is 9.53 Å². The van der Waals surface area contributed by atoms with Gasteiger partial charge in [-0.2, -0.15) is 0 Å². The van der Waals surface area contributed by atoms with Crippen LogP contribution in [0.4, 0.5) is 4.79 Å². The minimum absolute atomic E-state index is 0.171. The number of carbonyl (C=O) groups is 1. The van der Waals surface area contributed by atoms with E-state index in [4.69, 9.17) is 4.74 Å². The number of allylic oxidation sites excluding steroid dienone is 1. The Morgan fingerprint density at radius 1 is 1.38 bits per heavy atom. The summed E-state index contributed by atoms with van der Waals surface area (Å²) in [5.41, 5.74) is 2.28. The summed E-state index contributed by atoms with van der Waals surface area (Å²) in [7, 11) is 1.63. The standard InChI is InChI=1S/C17H24N2O2/c1-13(15-7-3-4-8-15)11-18-17(20)19-12-14-6-5-9-16(10-14)21-2/h5-6,9-11,15H,3-4,7-8,12H2,1-2H3,(H2,18,19,20)/b13-11+. The molecule has 0 bridgehead atoms. The maximum absolute atomic E-state index is 11.8. The van der Waals surface area contributed by atoms with Crippen LogP contribution in [0.5, 0.6) is 5.75 Å². The normalized spacial score (nSPS) is 15.8. The number of ether oxygens (including phenoxy) is 1. The van der Waals surface area contributed by atoms with Crippen LogP contribution in [-0.2, 0) is 6.54 Å². The van der Waals surface area contributed by atoms with Gasteiger partial charge in [0.25, 0.3) is 0 Å². The van der Waals surface area contributed by atoms with Crippen molar-refractivity contribution in [3.05, 3.63) is 41.6 Å². The van der Waals surface area contributed by atoms with Crippen molar-refractivity contribution >= 4 is 6.03 Å². The Bertz CT molecular complexity index is 505. The molecule has 0 heterocycles. The summed E-state index contributed by atoms with van der Waals surface area (Å²) < 4.78 is 5.16. The first-order valence-corrected chi connectivity index (χ1v) is 7.53. The summed E-state index contributed by atoms with van der Waals surface area (Å²) in [6, 6.07) is 7.51. The lowest BCUT2D eigenvalue weighted by molar-refractivity contribution is 0.243. The van der Waals surface area contributed by atoms with E-state index in [1.807, 2.05) is 30.5 Å². The lowest BCUT2D eigenvalue weighted by atomic mass is 10.0. The number of benzene rings is 1. The highest BCUT2D eigenvalue weighted by Crippen LogP contribution is 2.30. The quantitative estimate of drug-likeness (QED) is 0.870. The zero-order chi connectivity index (χ0) is 15.1. The third-order valence-electron chi connectivity index (χ3n) is 4.02. The molecule has 2 rings (SSSR count). The molecule has 2 amide bonds. The van der Waals surface area contributed by atoms with Crippen molar-refractivity contribution in [2.24, 2.45) is 5.92 Å². The summed E-state index contributed by atoms with van der Waals surface area (Å²) in [5, 5.41) is 5.66. The lowest BCUT2D eigenvalue weighted by Gasteiger charge is -2.10. The second-order valence-electron chi connectivity index (χ2n) is 5.55. The number of hydrogen-bond donors (Lipinski definition) is 2. The Balaban J connectivity index is 1.77. The van der Waals surface area contributed by atoms with Crippen molar-refractivity contribution in [1.82, 2.24) is 10.6 Å². The van der Waals surface area contributed by atoms with Crippen LogP contribution >= 0.6 is 0 Å². The maximum Gasteiger partial charge on any atom is 0.319 e. The SMILES string of the molecule is COc1cccc(CNC(=O)N/C=C(\C)C2CCCC2)c1. The molecule has 0 radical (unpaired) electrons. The van der Waals surface area contributed by atoms with E-state index < -0.39 is 0 Å². The zero-order valence-electron chi connectivity index (χ0n) is 12.8. The molecule has 0 saturated heterocycles. The number of amides is 2. The fourth-order valence-electron chi connectivity index (χ4n) is 2.69. The van der Waals surface area contributed by atoms with E-state index in [0.29, 0.717) is 12.5 Å². The second-order valence-corrected chi connectivity index (χ2v) is 5.55. The van der Waals surface area contributed by atoms with Crippen molar-refractivity contribution in [3.63, 3.8) is 0 Å². The van der Waals surface area contributed by atoms with Gasteiger partial charge in [-0.1, -0.05) is 30.5 Å². The first kappa shape index (κ1) is 15.4. The minimum Gasteiger partial charge on any atom is -0.497 e. The van der Waals surface area contributed by atoms with E-state index in [1.54, 1.807) is 7.11 Å². The molecule has 1 saturated carbocycles. The van der Waals surface area contributed by atoms with Gasteiger partial charge in [0.05, 0.1) is 7.11 Å². The first-order chi connectivity index (χ1) is 10.2. The third kappa shape index (κ3) is 4.81. The molecule has 0 aliphatic heterocycles. The van der Waals surface area contributed by atoms with Crippen LogP contribution in [0.15, 0.2) is 36.0 Å². The number of hydrogen-bond acceptors (Lipinski definition) is 2. The predicted molar refractivity (Wildman–Crippen MR) is 84.1 cm³/mol. The smallest absolute Gasteiger partial charge is 0.319 e. The molecule has 0 atom stereocenters. The molecule has 4 nitrogen and oxygen atoms in total. The van der Waals surface area contributed by atoms with Crippen molar-refractivity contribution in [3.8, 4) is 5.75 Å². The molecule has 1 aromatic rings. The van der Waals surface area contributed by atoms with Crippen LogP contribution in [0.2, 0.25) is 0 Å². The van der Waals surface area contributed by atoms with Crippen LogP contribution in [0.1, 0.15) is 38.2 Å². The molecule has 114 valence electrons.